The lowest BCUT2D eigenvalue weighted by Gasteiger charge is -1.93. The van der Waals surface area contributed by atoms with Crippen LogP contribution in [-0.4, -0.2) is 14.2 Å². The Balaban J connectivity index is 2.70. The average Bonchev–Trinajstić information content (AvgIpc) is 2.01. The van der Waals surface area contributed by atoms with Crippen molar-refractivity contribution in [2.75, 3.05) is 5.75 Å². The van der Waals surface area contributed by atoms with Crippen LogP contribution in [-0.2, 0) is 9.05 Å². The molecular formula is C9H8BrClO2S. The van der Waals surface area contributed by atoms with Crippen LogP contribution in [0.15, 0.2) is 34.8 Å². The number of rotatable bonds is 3. The quantitative estimate of drug-likeness (QED) is 0.803. The predicted octanol–water partition coefficient (Wildman–Crippen LogP) is 3.03. The van der Waals surface area contributed by atoms with E-state index in [0.717, 1.165) is 10.0 Å². The summed E-state index contributed by atoms with van der Waals surface area (Å²) < 4.78 is 22.1. The minimum Gasteiger partial charge on any atom is -0.212 e. The van der Waals surface area contributed by atoms with Crippen LogP contribution in [0.2, 0.25) is 0 Å². The minimum atomic E-state index is -3.43. The highest BCUT2D eigenvalue weighted by molar-refractivity contribution is 9.10. The van der Waals surface area contributed by atoms with Gasteiger partial charge in [-0.05, 0) is 17.7 Å². The fraction of sp³-hybridized carbons (Fsp3) is 0.111. The van der Waals surface area contributed by atoms with Gasteiger partial charge in [0.1, 0.15) is 0 Å². The third kappa shape index (κ3) is 4.79. The predicted molar refractivity (Wildman–Crippen MR) is 62.8 cm³/mol. The van der Waals surface area contributed by atoms with Crippen LogP contribution in [0, 0.1) is 0 Å². The van der Waals surface area contributed by atoms with E-state index < -0.39 is 9.05 Å². The Morgan fingerprint density at radius 1 is 1.43 bits per heavy atom. The van der Waals surface area contributed by atoms with Crippen molar-refractivity contribution in [1.82, 2.24) is 0 Å². The van der Waals surface area contributed by atoms with E-state index in [4.69, 9.17) is 10.7 Å². The van der Waals surface area contributed by atoms with Crippen LogP contribution in [0.5, 0.6) is 0 Å². The highest BCUT2D eigenvalue weighted by Crippen LogP contribution is 2.12. The molecule has 1 aromatic rings. The maximum Gasteiger partial charge on any atom is 0.236 e. The molecule has 0 N–H and O–H groups in total. The maximum atomic E-state index is 10.6. The summed E-state index contributed by atoms with van der Waals surface area (Å²) in [6.07, 6.45) is 3.23. The second-order valence-electron chi connectivity index (χ2n) is 2.66. The molecule has 0 heterocycles. The van der Waals surface area contributed by atoms with Crippen molar-refractivity contribution in [2.24, 2.45) is 0 Å². The van der Waals surface area contributed by atoms with Gasteiger partial charge in [-0.15, -0.1) is 0 Å². The lowest BCUT2D eigenvalue weighted by atomic mass is 10.2. The van der Waals surface area contributed by atoms with Crippen LogP contribution in [0.1, 0.15) is 5.56 Å². The fourth-order valence-electron chi connectivity index (χ4n) is 0.909. The summed E-state index contributed by atoms with van der Waals surface area (Å²) in [6.45, 7) is 0. The van der Waals surface area contributed by atoms with E-state index in [1.165, 1.54) is 6.08 Å². The molecule has 0 aliphatic rings. The maximum absolute atomic E-state index is 10.6. The zero-order chi connectivity index (χ0) is 10.6. The van der Waals surface area contributed by atoms with Crippen molar-refractivity contribution in [3.63, 3.8) is 0 Å². The van der Waals surface area contributed by atoms with E-state index in [0.29, 0.717) is 0 Å². The Kier molecular flexibility index (Phi) is 4.16. The Morgan fingerprint density at radius 3 is 2.71 bits per heavy atom. The van der Waals surface area contributed by atoms with Crippen LogP contribution in [0.25, 0.3) is 6.08 Å². The standard InChI is InChI=1S/C9H8BrClO2S/c10-9-5-1-3-8(7-9)4-2-6-14(11,12)13/h1-5,7H,6H2/b4-2+. The molecule has 0 aromatic heterocycles. The Labute approximate surface area is 96.1 Å². The van der Waals surface area contributed by atoms with Crippen molar-refractivity contribution in [3.05, 3.63) is 40.4 Å². The highest BCUT2D eigenvalue weighted by Gasteiger charge is 1.99. The van der Waals surface area contributed by atoms with Gasteiger partial charge in [0.15, 0.2) is 0 Å². The normalized spacial score (nSPS) is 12.1. The molecule has 0 saturated carbocycles. The smallest absolute Gasteiger partial charge is 0.212 e. The monoisotopic (exact) mass is 294 g/mol. The molecule has 14 heavy (non-hydrogen) atoms. The van der Waals surface area contributed by atoms with E-state index in [1.807, 2.05) is 24.3 Å². The molecule has 2 nitrogen and oxygen atoms in total. The minimum absolute atomic E-state index is 0.152. The molecule has 76 valence electrons. The average molecular weight is 296 g/mol. The van der Waals surface area contributed by atoms with Gasteiger partial charge in [-0.2, -0.15) is 0 Å². The SMILES string of the molecule is O=S(=O)(Cl)C/C=C/c1cccc(Br)c1. The summed E-state index contributed by atoms with van der Waals surface area (Å²) in [5.41, 5.74) is 0.930. The van der Waals surface area contributed by atoms with Crippen molar-refractivity contribution in [3.8, 4) is 0 Å². The van der Waals surface area contributed by atoms with Crippen molar-refractivity contribution >= 4 is 41.7 Å². The van der Waals surface area contributed by atoms with E-state index >= 15 is 0 Å². The first-order valence-electron chi connectivity index (χ1n) is 3.82. The Bertz CT molecular complexity index is 440. The zero-order valence-corrected chi connectivity index (χ0v) is 10.3. The molecule has 0 fully saturated rings. The molecule has 0 bridgehead atoms. The molecular weight excluding hydrogens is 288 g/mol. The third-order valence-electron chi connectivity index (χ3n) is 1.45. The van der Waals surface area contributed by atoms with Crippen LogP contribution >= 0.6 is 26.6 Å². The highest BCUT2D eigenvalue weighted by atomic mass is 79.9. The summed E-state index contributed by atoms with van der Waals surface area (Å²) in [4.78, 5) is 0. The summed E-state index contributed by atoms with van der Waals surface area (Å²) >= 11 is 3.32. The molecule has 0 aliphatic heterocycles. The van der Waals surface area contributed by atoms with Gasteiger partial charge >= 0.3 is 0 Å². The summed E-state index contributed by atoms with van der Waals surface area (Å²) in [6, 6.07) is 7.54. The van der Waals surface area contributed by atoms with Gasteiger partial charge < -0.3 is 0 Å². The first kappa shape index (κ1) is 11.8. The van der Waals surface area contributed by atoms with Gasteiger partial charge in [0.2, 0.25) is 9.05 Å². The van der Waals surface area contributed by atoms with Crippen molar-refractivity contribution < 1.29 is 8.42 Å². The van der Waals surface area contributed by atoms with E-state index in [1.54, 1.807) is 6.08 Å². The number of halogens is 2. The van der Waals surface area contributed by atoms with Crippen molar-refractivity contribution in [2.45, 2.75) is 0 Å². The van der Waals surface area contributed by atoms with Gasteiger partial charge in [0.25, 0.3) is 0 Å². The summed E-state index contributed by atoms with van der Waals surface area (Å²) in [5.74, 6) is -0.152. The molecule has 0 aliphatic carbocycles. The molecule has 0 radical (unpaired) electrons. The van der Waals surface area contributed by atoms with Gasteiger partial charge in [-0.25, -0.2) is 8.42 Å². The second-order valence-corrected chi connectivity index (χ2v) is 6.40. The largest absolute Gasteiger partial charge is 0.236 e. The lowest BCUT2D eigenvalue weighted by molar-refractivity contribution is 0.612. The molecule has 1 aromatic carbocycles. The van der Waals surface area contributed by atoms with E-state index in [9.17, 15) is 8.42 Å². The first-order chi connectivity index (χ1) is 6.47. The van der Waals surface area contributed by atoms with Gasteiger partial charge in [-0.1, -0.05) is 40.2 Å². The van der Waals surface area contributed by atoms with Gasteiger partial charge in [0, 0.05) is 15.2 Å². The Morgan fingerprint density at radius 2 is 2.14 bits per heavy atom. The van der Waals surface area contributed by atoms with E-state index in [2.05, 4.69) is 15.9 Å². The number of hydrogen-bond donors (Lipinski definition) is 0. The zero-order valence-electron chi connectivity index (χ0n) is 7.15. The third-order valence-corrected chi connectivity index (χ3v) is 2.92. The lowest BCUT2D eigenvalue weighted by Crippen LogP contribution is -1.91. The second kappa shape index (κ2) is 4.96. The molecule has 0 amide bonds. The topological polar surface area (TPSA) is 34.1 Å². The summed E-state index contributed by atoms with van der Waals surface area (Å²) in [5, 5.41) is 0. The van der Waals surface area contributed by atoms with Gasteiger partial charge in [0.05, 0.1) is 5.75 Å². The number of hydrogen-bond acceptors (Lipinski definition) is 2. The first-order valence-corrected chi connectivity index (χ1v) is 7.09. The van der Waals surface area contributed by atoms with Crippen LogP contribution < -0.4 is 0 Å². The molecule has 0 unspecified atom stereocenters. The van der Waals surface area contributed by atoms with Crippen molar-refractivity contribution in [1.29, 1.82) is 0 Å². The van der Waals surface area contributed by atoms with Crippen LogP contribution in [0.4, 0.5) is 0 Å². The van der Waals surface area contributed by atoms with E-state index in [-0.39, 0.29) is 5.75 Å². The summed E-state index contributed by atoms with van der Waals surface area (Å²) in [7, 11) is 1.61. The van der Waals surface area contributed by atoms with Gasteiger partial charge in [-0.3, -0.25) is 0 Å². The molecule has 5 heteroatoms. The molecule has 0 atom stereocenters. The van der Waals surface area contributed by atoms with Crippen LogP contribution in [0.3, 0.4) is 0 Å². The molecule has 0 saturated heterocycles. The Hall–Kier alpha value is -0.320. The molecule has 0 spiro atoms. The fourth-order valence-corrected chi connectivity index (χ4v) is 1.87. The number of benzene rings is 1. The molecule has 1 rings (SSSR count).